The molecule has 1 saturated carbocycles. The van der Waals surface area contributed by atoms with E-state index in [1.54, 1.807) is 0 Å². The summed E-state index contributed by atoms with van der Waals surface area (Å²) < 4.78 is 20.0. The lowest BCUT2D eigenvalue weighted by molar-refractivity contribution is -0.196. The molecular weight excluding hydrogens is 336 g/mol. The summed E-state index contributed by atoms with van der Waals surface area (Å²) in [5.41, 5.74) is -2.40. The lowest BCUT2D eigenvalue weighted by Gasteiger charge is -2.39. The number of carbonyl (C=O) groups excluding carboxylic acids is 1. The normalized spacial score (nSPS) is 36.5. The molecular formula is C16H18O9. The van der Waals surface area contributed by atoms with Crippen molar-refractivity contribution in [1.29, 1.82) is 0 Å². The fourth-order valence-electron chi connectivity index (χ4n) is 2.28. The molecule has 25 heavy (non-hydrogen) atoms. The first kappa shape index (κ1) is 15.9. The fraction of sp³-hybridized carbons (Fsp3) is 0.375. The van der Waals surface area contributed by atoms with Gasteiger partial charge in [-0.05, 0) is 23.8 Å². The first-order chi connectivity index (χ1) is 12.3. The quantitative estimate of drug-likeness (QED) is 0.234. The van der Waals surface area contributed by atoms with E-state index in [1.807, 2.05) is 0 Å². The number of aliphatic hydroxyl groups is 3. The van der Waals surface area contributed by atoms with E-state index in [2.05, 4.69) is 0 Å². The van der Waals surface area contributed by atoms with Crippen molar-refractivity contribution in [2.24, 2.45) is 0 Å². The number of carboxylic acids is 1. The van der Waals surface area contributed by atoms with Crippen molar-refractivity contribution in [3.63, 3.8) is 0 Å². The number of carboxylic acid groups (broad SMARTS) is 1. The van der Waals surface area contributed by atoms with Crippen LogP contribution in [0.25, 0.3) is 6.08 Å². The lowest BCUT2D eigenvalue weighted by Crippen LogP contribution is -2.57. The maximum Gasteiger partial charge on any atom is 0.335 e. The van der Waals surface area contributed by atoms with E-state index in [-0.39, 0.29) is 11.3 Å². The predicted molar refractivity (Wildman–Crippen MR) is 82.5 cm³/mol. The van der Waals surface area contributed by atoms with Crippen LogP contribution in [0.5, 0.6) is 11.5 Å². The molecule has 1 aromatic rings. The minimum atomic E-state index is -3.12. The Hall–Kier alpha value is -2.62. The molecule has 1 aliphatic rings. The van der Waals surface area contributed by atoms with Gasteiger partial charge in [-0.25, -0.2) is 9.59 Å². The van der Waals surface area contributed by atoms with E-state index in [0.717, 1.165) is 24.3 Å². The Bertz CT molecular complexity index is 790. The molecule has 0 radical (unpaired) electrons. The van der Waals surface area contributed by atoms with E-state index in [4.69, 9.17) is 12.6 Å². The van der Waals surface area contributed by atoms with Gasteiger partial charge in [0.1, 0.15) is 12.2 Å². The molecule has 0 saturated heterocycles. The minimum absolute atomic E-state index is 0.283. The lowest BCUT2D eigenvalue weighted by atomic mass is 9.79. The fourth-order valence-corrected chi connectivity index (χ4v) is 2.28. The van der Waals surface area contributed by atoms with Gasteiger partial charge < -0.3 is 35.4 Å². The monoisotopic (exact) mass is 356 g/mol. The van der Waals surface area contributed by atoms with Crippen LogP contribution in [0, 0.1) is 0 Å². The zero-order chi connectivity index (χ0) is 20.6. The molecule has 0 aromatic heterocycles. The number of phenols is 2. The highest BCUT2D eigenvalue weighted by atomic mass is 16.6. The topological polar surface area (TPSA) is 165 Å². The van der Waals surface area contributed by atoms with Crippen LogP contribution in [0.1, 0.15) is 21.1 Å². The molecule has 0 amide bonds. The molecule has 9 nitrogen and oxygen atoms in total. The van der Waals surface area contributed by atoms with Crippen molar-refractivity contribution in [1.82, 2.24) is 0 Å². The van der Waals surface area contributed by atoms with E-state index < -0.39 is 54.4 Å². The second-order valence-electron chi connectivity index (χ2n) is 5.56. The number of hydrogen-bond donors (Lipinski definition) is 6. The molecule has 4 atom stereocenters. The highest BCUT2D eigenvalue weighted by Gasteiger charge is 2.50. The molecule has 1 aliphatic carbocycles. The van der Waals surface area contributed by atoms with Crippen LogP contribution < -0.4 is 0 Å². The van der Waals surface area contributed by atoms with Gasteiger partial charge in [-0.1, -0.05) is 6.07 Å². The van der Waals surface area contributed by atoms with Crippen LogP contribution in [0.3, 0.4) is 0 Å². The zero-order valence-corrected chi connectivity index (χ0v) is 12.8. The summed E-state index contributed by atoms with van der Waals surface area (Å²) in [5.74, 6) is -3.79. The van der Waals surface area contributed by atoms with Gasteiger partial charge in [0.05, 0.1) is 8.82 Å². The van der Waals surface area contributed by atoms with E-state index in [9.17, 15) is 35.1 Å². The third kappa shape index (κ3) is 4.27. The Morgan fingerprint density at radius 1 is 1.24 bits per heavy atom. The summed E-state index contributed by atoms with van der Waals surface area (Å²) >= 11 is 0. The summed E-state index contributed by atoms with van der Waals surface area (Å²) in [4.78, 5) is 23.1. The highest BCUT2D eigenvalue weighted by Crippen LogP contribution is 2.31. The van der Waals surface area contributed by atoms with Gasteiger partial charge in [0.25, 0.3) is 0 Å². The summed E-state index contributed by atoms with van der Waals surface area (Å²) in [6.07, 6.45) is -8.32. The molecule has 0 aliphatic heterocycles. The maximum atomic E-state index is 11.9. The number of ether oxygens (including phenoxy) is 1. The van der Waals surface area contributed by atoms with Crippen LogP contribution in [0.2, 0.25) is 0 Å². The number of aromatic hydroxyl groups is 2. The second kappa shape index (κ2) is 7.09. The molecule has 1 fully saturated rings. The second-order valence-corrected chi connectivity index (χ2v) is 5.56. The van der Waals surface area contributed by atoms with Gasteiger partial charge >= 0.3 is 11.9 Å². The van der Waals surface area contributed by atoms with E-state index >= 15 is 0 Å². The average molecular weight is 356 g/mol. The largest absolute Gasteiger partial charge is 0.504 e. The number of carbonyl (C=O) groups is 2. The van der Waals surface area contributed by atoms with Crippen molar-refractivity contribution in [2.45, 2.75) is 36.7 Å². The Kier molecular flexibility index (Phi) is 4.51. The Labute approximate surface area is 144 Å². The SMILES string of the molecule is [2H]C1(O)CC(O)(C(=O)O)CC(OC(=O)/C=C/c2ccc(O)c(O)c2)C1([2H])O. The van der Waals surface area contributed by atoms with Crippen molar-refractivity contribution in [3.8, 4) is 11.5 Å². The highest BCUT2D eigenvalue weighted by molar-refractivity contribution is 5.87. The van der Waals surface area contributed by atoms with Gasteiger partial charge in [0.15, 0.2) is 17.1 Å². The molecule has 0 bridgehead atoms. The number of esters is 1. The van der Waals surface area contributed by atoms with Crippen LogP contribution in [0.15, 0.2) is 24.3 Å². The summed E-state index contributed by atoms with van der Waals surface area (Å²) in [6, 6.07) is 3.65. The third-order valence-electron chi connectivity index (χ3n) is 3.65. The molecule has 6 N–H and O–H groups in total. The Balaban J connectivity index is 2.19. The van der Waals surface area contributed by atoms with Crippen LogP contribution in [-0.2, 0) is 14.3 Å². The molecule has 2 rings (SSSR count). The number of rotatable bonds is 4. The summed E-state index contributed by atoms with van der Waals surface area (Å²) in [5, 5.41) is 57.6. The van der Waals surface area contributed by atoms with Gasteiger partial charge in [-0.2, -0.15) is 0 Å². The Morgan fingerprint density at radius 2 is 1.92 bits per heavy atom. The van der Waals surface area contributed by atoms with Crippen molar-refractivity contribution in [3.05, 3.63) is 29.8 Å². The van der Waals surface area contributed by atoms with Gasteiger partial charge in [0, 0.05) is 18.9 Å². The smallest absolute Gasteiger partial charge is 0.335 e. The van der Waals surface area contributed by atoms with Crippen molar-refractivity contribution >= 4 is 18.0 Å². The summed E-state index contributed by atoms with van der Waals surface area (Å²) in [6.45, 7) is 0. The third-order valence-corrected chi connectivity index (χ3v) is 3.65. The standard InChI is InChI=1S/C16H18O9/c17-9-3-1-8(5-10(9)18)2-4-13(20)25-12-7-16(24,15(22)23)6-11(19)14(12)21/h1-5,11-12,14,17-19,21,24H,6-7H2,(H,22,23)/b4-2+/i11D,14D. The van der Waals surface area contributed by atoms with E-state index in [0.29, 0.717) is 0 Å². The Morgan fingerprint density at radius 3 is 2.52 bits per heavy atom. The predicted octanol–water partition coefficient (Wildman–Crippen LogP) is -0.646. The number of hydrogen-bond acceptors (Lipinski definition) is 8. The van der Waals surface area contributed by atoms with Crippen molar-refractivity contribution < 1.29 is 47.7 Å². The van der Waals surface area contributed by atoms with E-state index in [1.165, 1.54) is 6.07 Å². The minimum Gasteiger partial charge on any atom is -0.504 e. The molecule has 0 spiro atoms. The molecule has 4 unspecified atom stereocenters. The molecule has 0 heterocycles. The average Bonchev–Trinajstić information content (AvgIpc) is 2.53. The number of phenolic OH excluding ortho intramolecular Hbond substituents is 2. The van der Waals surface area contributed by atoms with Crippen molar-refractivity contribution in [2.75, 3.05) is 0 Å². The zero-order valence-electron chi connectivity index (χ0n) is 14.8. The first-order valence-corrected chi connectivity index (χ1v) is 7.10. The molecule has 9 heteroatoms. The van der Waals surface area contributed by atoms with Crippen LogP contribution >= 0.6 is 0 Å². The maximum absolute atomic E-state index is 11.9. The summed E-state index contributed by atoms with van der Waals surface area (Å²) in [7, 11) is 0. The number of benzene rings is 1. The molecule has 1 aromatic carbocycles. The first-order valence-electron chi connectivity index (χ1n) is 8.10. The number of aliphatic carboxylic acids is 1. The van der Waals surface area contributed by atoms with Crippen LogP contribution in [0.4, 0.5) is 0 Å². The molecule has 136 valence electrons. The van der Waals surface area contributed by atoms with Gasteiger partial charge in [-0.15, -0.1) is 0 Å². The van der Waals surface area contributed by atoms with Gasteiger partial charge in [0.2, 0.25) is 0 Å². The van der Waals surface area contributed by atoms with Crippen LogP contribution in [-0.4, -0.2) is 66.4 Å². The van der Waals surface area contributed by atoms with Gasteiger partial charge in [-0.3, -0.25) is 0 Å².